The molecule has 0 fully saturated rings. The van der Waals surface area contributed by atoms with Crippen LogP contribution in [-0.4, -0.2) is 21.4 Å². The van der Waals surface area contributed by atoms with Crippen LogP contribution >= 0.6 is 0 Å². The lowest BCUT2D eigenvalue weighted by Gasteiger charge is -2.38. The molecular formula is C13H20FNO2. The summed E-state index contributed by atoms with van der Waals surface area (Å²) >= 11 is 0. The number of hydrogen-bond acceptors (Lipinski definition) is 3. The first kappa shape index (κ1) is 13.9. The zero-order chi connectivity index (χ0) is 13.3. The third kappa shape index (κ3) is 3.41. The lowest BCUT2D eigenvalue weighted by molar-refractivity contribution is -0.00532. The second-order valence-electron chi connectivity index (χ2n) is 5.32. The molecule has 0 aromatic heterocycles. The molecule has 3 nitrogen and oxygen atoms in total. The minimum atomic E-state index is -0.886. The Morgan fingerprint density at radius 1 is 1.24 bits per heavy atom. The van der Waals surface area contributed by atoms with Gasteiger partial charge in [0.15, 0.2) is 11.6 Å². The van der Waals surface area contributed by atoms with Crippen LogP contribution in [0, 0.1) is 5.82 Å². The highest BCUT2D eigenvalue weighted by molar-refractivity contribution is 5.28. The first-order valence-electron chi connectivity index (χ1n) is 5.58. The average Bonchev–Trinajstić information content (AvgIpc) is 2.18. The Bertz CT molecular complexity index is 397. The van der Waals surface area contributed by atoms with E-state index in [2.05, 4.69) is 5.32 Å². The number of phenolic OH excluding ortho intramolecular Hbond substituents is 1. The van der Waals surface area contributed by atoms with Crippen molar-refractivity contribution in [2.45, 2.75) is 45.4 Å². The topological polar surface area (TPSA) is 52.5 Å². The van der Waals surface area contributed by atoms with Gasteiger partial charge in [0.05, 0.1) is 5.60 Å². The van der Waals surface area contributed by atoms with Gasteiger partial charge >= 0.3 is 0 Å². The fourth-order valence-corrected chi connectivity index (χ4v) is 1.20. The second kappa shape index (κ2) is 4.63. The molecule has 0 aliphatic rings. The third-order valence-electron chi connectivity index (χ3n) is 3.28. The van der Waals surface area contributed by atoms with Gasteiger partial charge in [-0.15, -0.1) is 0 Å². The van der Waals surface area contributed by atoms with E-state index in [9.17, 15) is 9.50 Å². The van der Waals surface area contributed by atoms with Crippen molar-refractivity contribution in [3.8, 4) is 5.75 Å². The van der Waals surface area contributed by atoms with Crippen molar-refractivity contribution in [3.63, 3.8) is 0 Å². The molecule has 0 radical (unpaired) electrons. The fraction of sp³-hybridized carbons (Fsp3) is 0.538. The minimum absolute atomic E-state index is 0.351. The van der Waals surface area contributed by atoms with Crippen LogP contribution in [0.5, 0.6) is 5.75 Å². The Kier molecular flexibility index (Phi) is 3.79. The lowest BCUT2D eigenvalue weighted by atomic mass is 9.86. The highest BCUT2D eigenvalue weighted by atomic mass is 19.1. The van der Waals surface area contributed by atoms with E-state index >= 15 is 0 Å². The van der Waals surface area contributed by atoms with Crippen LogP contribution in [0.15, 0.2) is 18.2 Å². The second-order valence-corrected chi connectivity index (χ2v) is 5.32. The molecule has 0 atom stereocenters. The largest absolute Gasteiger partial charge is 0.505 e. The summed E-state index contributed by atoms with van der Waals surface area (Å²) in [6, 6.07) is 4.25. The standard InChI is InChI=1S/C13H20FNO2/c1-12(2,13(3,4)17)15-8-9-5-6-11(16)10(14)7-9/h5-7,15-17H,8H2,1-4H3. The van der Waals surface area contributed by atoms with Gasteiger partial charge in [0.2, 0.25) is 0 Å². The number of rotatable bonds is 4. The van der Waals surface area contributed by atoms with E-state index in [0.29, 0.717) is 6.54 Å². The molecule has 0 aliphatic carbocycles. The molecule has 0 heterocycles. The van der Waals surface area contributed by atoms with E-state index in [1.807, 2.05) is 13.8 Å². The quantitative estimate of drug-likeness (QED) is 0.757. The predicted octanol–water partition coefficient (Wildman–Crippen LogP) is 2.17. The van der Waals surface area contributed by atoms with Crippen molar-refractivity contribution >= 4 is 0 Å². The van der Waals surface area contributed by atoms with E-state index in [4.69, 9.17) is 5.11 Å². The fourth-order valence-electron chi connectivity index (χ4n) is 1.20. The van der Waals surface area contributed by atoms with E-state index in [-0.39, 0.29) is 5.75 Å². The van der Waals surface area contributed by atoms with E-state index in [0.717, 1.165) is 5.56 Å². The number of hydrogen-bond donors (Lipinski definition) is 3. The van der Waals surface area contributed by atoms with Gasteiger partial charge in [-0.05, 0) is 45.4 Å². The van der Waals surface area contributed by atoms with Crippen molar-refractivity contribution in [2.24, 2.45) is 0 Å². The summed E-state index contributed by atoms with van der Waals surface area (Å²) in [5.41, 5.74) is -0.665. The van der Waals surface area contributed by atoms with Crippen LogP contribution in [-0.2, 0) is 6.54 Å². The third-order valence-corrected chi connectivity index (χ3v) is 3.28. The molecule has 0 aliphatic heterocycles. The molecule has 1 aromatic carbocycles. The molecule has 3 N–H and O–H groups in total. The monoisotopic (exact) mass is 241 g/mol. The van der Waals surface area contributed by atoms with Crippen LogP contribution in [0.2, 0.25) is 0 Å². The van der Waals surface area contributed by atoms with Gasteiger partial charge in [0.1, 0.15) is 0 Å². The van der Waals surface area contributed by atoms with Crippen molar-refractivity contribution in [2.75, 3.05) is 0 Å². The number of aromatic hydroxyl groups is 1. The Labute approximate surface area is 101 Å². The van der Waals surface area contributed by atoms with Crippen LogP contribution in [0.3, 0.4) is 0 Å². The van der Waals surface area contributed by atoms with Crippen LogP contribution in [0.1, 0.15) is 33.3 Å². The maximum Gasteiger partial charge on any atom is 0.165 e. The van der Waals surface area contributed by atoms with Crippen LogP contribution in [0.25, 0.3) is 0 Å². The van der Waals surface area contributed by atoms with Crippen molar-refractivity contribution < 1.29 is 14.6 Å². The summed E-state index contributed by atoms with van der Waals surface area (Å²) in [5.74, 6) is -0.985. The zero-order valence-corrected chi connectivity index (χ0v) is 10.7. The summed E-state index contributed by atoms with van der Waals surface area (Å²) in [6.45, 7) is 7.62. The van der Waals surface area contributed by atoms with Crippen molar-refractivity contribution in [1.82, 2.24) is 5.32 Å². The van der Waals surface area contributed by atoms with Gasteiger partial charge in [-0.2, -0.15) is 0 Å². The van der Waals surface area contributed by atoms with Gasteiger partial charge in [0, 0.05) is 12.1 Å². The Balaban J connectivity index is 2.71. The smallest absolute Gasteiger partial charge is 0.165 e. The van der Waals surface area contributed by atoms with Crippen LogP contribution < -0.4 is 5.32 Å². The molecule has 0 spiro atoms. The van der Waals surface area contributed by atoms with E-state index < -0.39 is 17.0 Å². The summed E-state index contributed by atoms with van der Waals surface area (Å²) in [7, 11) is 0. The van der Waals surface area contributed by atoms with Gasteiger partial charge < -0.3 is 15.5 Å². The number of halogens is 1. The average molecular weight is 241 g/mol. The number of aliphatic hydroxyl groups is 1. The van der Waals surface area contributed by atoms with Crippen LogP contribution in [0.4, 0.5) is 4.39 Å². The van der Waals surface area contributed by atoms with Gasteiger partial charge in [0.25, 0.3) is 0 Å². The van der Waals surface area contributed by atoms with Crippen molar-refractivity contribution in [1.29, 1.82) is 0 Å². The molecule has 0 bridgehead atoms. The molecule has 96 valence electrons. The normalized spacial score (nSPS) is 12.8. The maximum absolute atomic E-state index is 13.1. The Hall–Kier alpha value is -1.13. The predicted molar refractivity (Wildman–Crippen MR) is 65.3 cm³/mol. The Morgan fingerprint density at radius 3 is 2.29 bits per heavy atom. The molecule has 0 saturated heterocycles. The highest BCUT2D eigenvalue weighted by Crippen LogP contribution is 2.22. The van der Waals surface area contributed by atoms with E-state index in [1.54, 1.807) is 19.9 Å². The SMILES string of the molecule is CC(C)(O)C(C)(C)NCc1ccc(O)c(F)c1. The summed E-state index contributed by atoms with van der Waals surface area (Å²) in [4.78, 5) is 0. The van der Waals surface area contributed by atoms with Gasteiger partial charge in [-0.1, -0.05) is 6.07 Å². The molecule has 0 unspecified atom stereocenters. The van der Waals surface area contributed by atoms with Crippen molar-refractivity contribution in [3.05, 3.63) is 29.6 Å². The first-order chi connectivity index (χ1) is 7.63. The number of benzene rings is 1. The highest BCUT2D eigenvalue weighted by Gasteiger charge is 2.34. The Morgan fingerprint density at radius 2 is 1.82 bits per heavy atom. The molecule has 1 rings (SSSR count). The minimum Gasteiger partial charge on any atom is -0.505 e. The number of nitrogens with one attached hydrogen (secondary N) is 1. The van der Waals surface area contributed by atoms with Gasteiger partial charge in [-0.25, -0.2) is 4.39 Å². The molecule has 0 saturated carbocycles. The van der Waals surface area contributed by atoms with E-state index in [1.165, 1.54) is 12.1 Å². The molecule has 1 aromatic rings. The molecule has 4 heteroatoms. The maximum atomic E-state index is 13.1. The summed E-state index contributed by atoms with van der Waals surface area (Å²) < 4.78 is 13.1. The molecule has 0 amide bonds. The van der Waals surface area contributed by atoms with Gasteiger partial charge in [-0.3, -0.25) is 0 Å². The zero-order valence-electron chi connectivity index (χ0n) is 10.7. The molecular weight excluding hydrogens is 221 g/mol. The lowest BCUT2D eigenvalue weighted by Crippen LogP contribution is -2.55. The molecule has 17 heavy (non-hydrogen) atoms. The summed E-state index contributed by atoms with van der Waals surface area (Å²) in [6.07, 6.45) is 0. The first-order valence-corrected chi connectivity index (χ1v) is 5.58. The number of phenols is 1. The summed E-state index contributed by atoms with van der Waals surface area (Å²) in [5, 5.41) is 22.2.